The van der Waals surface area contributed by atoms with Crippen LogP contribution in [0.4, 0.5) is 4.79 Å². The van der Waals surface area contributed by atoms with E-state index in [4.69, 9.17) is 14.4 Å². The molecule has 0 unspecified atom stereocenters. The summed E-state index contributed by atoms with van der Waals surface area (Å²) in [5, 5.41) is 12.8. The number of carbonyl (C=O) groups is 1. The van der Waals surface area contributed by atoms with Gasteiger partial charge >= 0.3 is 6.09 Å². The normalized spacial score (nSPS) is 16.0. The number of hydrogen-bond donors (Lipinski definition) is 1. The first-order chi connectivity index (χ1) is 12.3. The third-order valence-corrected chi connectivity index (χ3v) is 5.29. The number of piperidine rings is 1. The topological polar surface area (TPSA) is 123 Å². The van der Waals surface area contributed by atoms with Crippen molar-refractivity contribution in [2.24, 2.45) is 0 Å². The molecule has 140 valence electrons. The van der Waals surface area contributed by atoms with Crippen LogP contribution >= 0.6 is 0 Å². The summed E-state index contributed by atoms with van der Waals surface area (Å²) >= 11 is 0. The highest BCUT2D eigenvalue weighted by molar-refractivity contribution is 7.90. The molecule has 1 N–H and O–H groups in total. The number of rotatable bonds is 5. The summed E-state index contributed by atoms with van der Waals surface area (Å²) in [7, 11) is -3.25. The van der Waals surface area contributed by atoms with Crippen molar-refractivity contribution in [3.05, 3.63) is 30.1 Å². The number of carboxylic acid groups (broad SMARTS) is 1. The number of benzene rings is 1. The standard InChI is InChI=1S/C16H19N3O6S/c1-26(22,23)13-4-2-11(3-5-13)15-17-14(18-25-15)10-24-12-6-8-19(9-7-12)16(20)21/h2-5,12H,6-10H2,1H3,(H,20,21). The van der Waals surface area contributed by atoms with Crippen molar-refractivity contribution in [2.75, 3.05) is 19.3 Å². The van der Waals surface area contributed by atoms with E-state index in [9.17, 15) is 13.2 Å². The van der Waals surface area contributed by atoms with Gasteiger partial charge in [0.2, 0.25) is 0 Å². The molecule has 2 heterocycles. The van der Waals surface area contributed by atoms with Crippen LogP contribution < -0.4 is 0 Å². The van der Waals surface area contributed by atoms with E-state index < -0.39 is 15.9 Å². The number of nitrogens with zero attached hydrogens (tertiary/aromatic N) is 3. The van der Waals surface area contributed by atoms with Crippen LogP contribution in [-0.2, 0) is 21.2 Å². The number of likely N-dealkylation sites (tertiary alicyclic amines) is 1. The van der Waals surface area contributed by atoms with Gasteiger partial charge in [0.1, 0.15) is 6.61 Å². The lowest BCUT2D eigenvalue weighted by molar-refractivity contribution is -0.00294. The van der Waals surface area contributed by atoms with Crippen LogP contribution in [0, 0.1) is 0 Å². The molecule has 0 saturated carbocycles. The Labute approximate surface area is 150 Å². The summed E-state index contributed by atoms with van der Waals surface area (Å²) in [6.45, 7) is 1.07. The average Bonchev–Trinajstić information content (AvgIpc) is 3.09. The van der Waals surface area contributed by atoms with Gasteiger partial charge < -0.3 is 19.3 Å². The average molecular weight is 381 g/mol. The number of amides is 1. The van der Waals surface area contributed by atoms with Crippen LogP contribution in [0.1, 0.15) is 18.7 Å². The van der Waals surface area contributed by atoms with Crippen LogP contribution in [-0.4, -0.2) is 60.1 Å². The van der Waals surface area contributed by atoms with Crippen molar-refractivity contribution in [3.8, 4) is 11.5 Å². The van der Waals surface area contributed by atoms with E-state index in [1.807, 2.05) is 0 Å². The lowest BCUT2D eigenvalue weighted by Crippen LogP contribution is -2.40. The molecular formula is C16H19N3O6S. The number of sulfone groups is 1. The molecule has 0 bridgehead atoms. The molecule has 3 rings (SSSR count). The van der Waals surface area contributed by atoms with E-state index in [0.29, 0.717) is 37.3 Å². The van der Waals surface area contributed by atoms with Crippen molar-refractivity contribution in [3.63, 3.8) is 0 Å². The van der Waals surface area contributed by atoms with E-state index in [2.05, 4.69) is 10.1 Å². The largest absolute Gasteiger partial charge is 0.465 e. The van der Waals surface area contributed by atoms with Crippen LogP contribution in [0.3, 0.4) is 0 Å². The molecule has 1 aliphatic rings. The maximum Gasteiger partial charge on any atom is 0.407 e. The minimum absolute atomic E-state index is 0.0402. The third-order valence-electron chi connectivity index (χ3n) is 4.16. The fourth-order valence-electron chi connectivity index (χ4n) is 2.68. The van der Waals surface area contributed by atoms with Gasteiger partial charge in [-0.25, -0.2) is 13.2 Å². The molecule has 1 fully saturated rings. The predicted molar refractivity (Wildman–Crippen MR) is 90.3 cm³/mol. The second-order valence-corrected chi connectivity index (χ2v) is 8.11. The Bertz CT molecular complexity index is 870. The van der Waals surface area contributed by atoms with E-state index in [1.165, 1.54) is 17.0 Å². The molecule has 1 amide bonds. The number of ether oxygens (including phenoxy) is 1. The summed E-state index contributed by atoms with van der Waals surface area (Å²) in [5.74, 6) is 0.664. The first-order valence-electron chi connectivity index (χ1n) is 8.05. The van der Waals surface area contributed by atoms with Gasteiger partial charge in [0.25, 0.3) is 5.89 Å². The Balaban J connectivity index is 1.56. The fraction of sp³-hybridized carbons (Fsp3) is 0.438. The first kappa shape index (κ1) is 18.3. The zero-order valence-corrected chi connectivity index (χ0v) is 15.0. The van der Waals surface area contributed by atoms with Gasteiger partial charge in [0.15, 0.2) is 15.7 Å². The van der Waals surface area contributed by atoms with E-state index in [1.54, 1.807) is 12.1 Å². The highest BCUT2D eigenvalue weighted by Gasteiger charge is 2.23. The summed E-state index contributed by atoms with van der Waals surface area (Å²) in [6.07, 6.45) is 1.45. The van der Waals surface area contributed by atoms with Crippen molar-refractivity contribution in [1.82, 2.24) is 15.0 Å². The minimum atomic E-state index is -3.25. The van der Waals surface area contributed by atoms with Gasteiger partial charge in [-0.2, -0.15) is 4.98 Å². The van der Waals surface area contributed by atoms with Crippen LogP contribution in [0.15, 0.2) is 33.7 Å². The van der Waals surface area contributed by atoms with Crippen molar-refractivity contribution < 1.29 is 27.6 Å². The lowest BCUT2D eigenvalue weighted by Gasteiger charge is -2.29. The highest BCUT2D eigenvalue weighted by atomic mass is 32.2. The van der Waals surface area contributed by atoms with Gasteiger partial charge in [-0.1, -0.05) is 5.16 Å². The molecule has 0 aliphatic carbocycles. The first-order valence-corrected chi connectivity index (χ1v) is 9.94. The Morgan fingerprint density at radius 3 is 2.54 bits per heavy atom. The quantitative estimate of drug-likeness (QED) is 0.832. The monoisotopic (exact) mass is 381 g/mol. The highest BCUT2D eigenvalue weighted by Crippen LogP contribution is 2.21. The summed E-state index contributed by atoms with van der Waals surface area (Å²) in [5.41, 5.74) is 0.617. The lowest BCUT2D eigenvalue weighted by atomic mass is 10.1. The Morgan fingerprint density at radius 1 is 1.31 bits per heavy atom. The zero-order chi connectivity index (χ0) is 18.7. The molecule has 2 aromatic rings. The van der Waals surface area contributed by atoms with Crippen LogP contribution in [0.5, 0.6) is 0 Å². The summed E-state index contributed by atoms with van der Waals surface area (Å²) in [4.78, 5) is 16.7. The van der Waals surface area contributed by atoms with Gasteiger partial charge in [-0.15, -0.1) is 0 Å². The van der Waals surface area contributed by atoms with Crippen LogP contribution in [0.2, 0.25) is 0 Å². The maximum absolute atomic E-state index is 11.5. The van der Waals surface area contributed by atoms with Crippen molar-refractivity contribution in [1.29, 1.82) is 0 Å². The van der Waals surface area contributed by atoms with E-state index in [-0.39, 0.29) is 23.5 Å². The molecule has 1 aromatic heterocycles. The third kappa shape index (κ3) is 4.38. The molecule has 9 nitrogen and oxygen atoms in total. The molecule has 1 saturated heterocycles. The van der Waals surface area contributed by atoms with Gasteiger partial charge in [-0.05, 0) is 37.1 Å². The predicted octanol–water partition coefficient (Wildman–Crippen LogP) is 1.80. The van der Waals surface area contributed by atoms with E-state index >= 15 is 0 Å². The Kier molecular flexibility index (Phi) is 5.23. The number of aromatic nitrogens is 2. The Hall–Kier alpha value is -2.46. The second kappa shape index (κ2) is 7.42. The Morgan fingerprint density at radius 2 is 1.96 bits per heavy atom. The van der Waals surface area contributed by atoms with Crippen LogP contribution in [0.25, 0.3) is 11.5 Å². The summed E-state index contributed by atoms with van der Waals surface area (Å²) in [6, 6.07) is 6.19. The molecule has 26 heavy (non-hydrogen) atoms. The molecule has 1 aliphatic heterocycles. The van der Waals surface area contributed by atoms with Crippen molar-refractivity contribution >= 4 is 15.9 Å². The molecule has 0 radical (unpaired) electrons. The smallest absolute Gasteiger partial charge is 0.407 e. The van der Waals surface area contributed by atoms with Gasteiger partial charge in [-0.3, -0.25) is 0 Å². The second-order valence-electron chi connectivity index (χ2n) is 6.09. The molecule has 0 spiro atoms. The molecular weight excluding hydrogens is 362 g/mol. The van der Waals surface area contributed by atoms with Crippen molar-refractivity contribution in [2.45, 2.75) is 30.4 Å². The summed E-state index contributed by atoms with van der Waals surface area (Å²) < 4.78 is 33.9. The maximum atomic E-state index is 11.5. The zero-order valence-electron chi connectivity index (χ0n) is 14.2. The minimum Gasteiger partial charge on any atom is -0.465 e. The molecule has 1 aromatic carbocycles. The SMILES string of the molecule is CS(=O)(=O)c1ccc(-c2nc(COC3CCN(C(=O)O)CC3)no2)cc1. The molecule has 0 atom stereocenters. The van der Waals surface area contributed by atoms with E-state index in [0.717, 1.165) is 6.26 Å². The fourth-order valence-corrected chi connectivity index (χ4v) is 3.31. The van der Waals surface area contributed by atoms with Gasteiger partial charge in [0.05, 0.1) is 11.0 Å². The number of hydrogen-bond acceptors (Lipinski definition) is 7. The van der Waals surface area contributed by atoms with Gasteiger partial charge in [0, 0.05) is 24.9 Å². The molecule has 10 heteroatoms.